The first kappa shape index (κ1) is 23.3. The van der Waals surface area contributed by atoms with E-state index in [4.69, 9.17) is 0 Å². The van der Waals surface area contributed by atoms with Crippen LogP contribution in [0.15, 0.2) is 4.90 Å². The van der Waals surface area contributed by atoms with E-state index in [1.807, 2.05) is 34.6 Å². The number of hydrogen-bond acceptors (Lipinski definition) is 4. The number of urea groups is 1. The lowest BCUT2D eigenvalue weighted by Gasteiger charge is -2.34. The van der Waals surface area contributed by atoms with Gasteiger partial charge < -0.3 is 10.2 Å². The van der Waals surface area contributed by atoms with E-state index in [-0.39, 0.29) is 5.91 Å². The van der Waals surface area contributed by atoms with Crippen molar-refractivity contribution in [1.82, 2.24) is 14.9 Å². The summed E-state index contributed by atoms with van der Waals surface area (Å²) in [6, 6.07) is -0.983. The van der Waals surface area contributed by atoms with Gasteiger partial charge in [0.15, 0.2) is 6.04 Å². The van der Waals surface area contributed by atoms with Crippen LogP contribution in [0.5, 0.6) is 0 Å². The Labute approximate surface area is 173 Å². The second-order valence-electron chi connectivity index (χ2n) is 7.81. The third-order valence-electron chi connectivity index (χ3n) is 6.36. The maximum absolute atomic E-state index is 13.4. The van der Waals surface area contributed by atoms with Gasteiger partial charge >= 0.3 is 6.03 Å². The molecule has 1 aliphatic heterocycles. The number of nitrogens with one attached hydrogen (secondary N) is 3. The Morgan fingerprint density at radius 3 is 1.83 bits per heavy atom. The first-order chi connectivity index (χ1) is 13.4. The largest absolute Gasteiger partial charge is 0.341 e. The van der Waals surface area contributed by atoms with E-state index >= 15 is 0 Å². The van der Waals surface area contributed by atoms with E-state index in [1.54, 1.807) is 6.92 Å². The highest BCUT2D eigenvalue weighted by Gasteiger charge is 2.36. The number of imide groups is 1. The lowest BCUT2D eigenvalue weighted by Crippen LogP contribution is -3.19. The molecule has 1 saturated heterocycles. The van der Waals surface area contributed by atoms with Gasteiger partial charge in [-0.25, -0.2) is 13.2 Å². The monoisotopic (exact) mass is 425 g/mol. The highest BCUT2D eigenvalue weighted by molar-refractivity contribution is 7.89. The summed E-state index contributed by atoms with van der Waals surface area (Å²) in [5.41, 5.74) is 4.76. The van der Waals surface area contributed by atoms with Gasteiger partial charge in [-0.05, 0) is 69.4 Å². The molecule has 1 aromatic rings. The van der Waals surface area contributed by atoms with Crippen LogP contribution in [0.1, 0.15) is 34.7 Å². The van der Waals surface area contributed by atoms with E-state index in [9.17, 15) is 18.0 Å². The number of piperazine rings is 1. The zero-order chi connectivity index (χ0) is 22.1. The fraction of sp³-hybridized carbons (Fsp3) is 0.600. The third-order valence-corrected chi connectivity index (χ3v) is 8.54. The summed E-state index contributed by atoms with van der Waals surface area (Å²) in [7, 11) is -2.18. The molecule has 1 heterocycles. The van der Waals surface area contributed by atoms with Gasteiger partial charge in [0, 0.05) is 7.05 Å². The summed E-state index contributed by atoms with van der Waals surface area (Å²) in [6.45, 7) is 13.1. The first-order valence-electron chi connectivity index (χ1n) is 9.87. The molecule has 8 nitrogen and oxygen atoms in total. The fourth-order valence-electron chi connectivity index (χ4n) is 3.90. The van der Waals surface area contributed by atoms with Crippen LogP contribution in [-0.4, -0.2) is 63.9 Å². The normalized spacial score (nSPS) is 17.1. The van der Waals surface area contributed by atoms with Crippen molar-refractivity contribution in [3.63, 3.8) is 0 Å². The minimum atomic E-state index is -3.62. The molecular weight excluding hydrogens is 392 g/mol. The number of amides is 3. The van der Waals surface area contributed by atoms with Gasteiger partial charge in [0.2, 0.25) is 10.0 Å². The molecule has 9 heteroatoms. The van der Waals surface area contributed by atoms with Crippen molar-refractivity contribution in [2.75, 3.05) is 33.2 Å². The number of carbonyl (C=O) groups is 2. The van der Waals surface area contributed by atoms with Gasteiger partial charge in [0.25, 0.3) is 5.91 Å². The molecule has 0 unspecified atom stereocenters. The Kier molecular flexibility index (Phi) is 7.08. The van der Waals surface area contributed by atoms with Crippen LogP contribution in [0.4, 0.5) is 4.79 Å². The van der Waals surface area contributed by atoms with Crippen LogP contribution < -0.4 is 15.5 Å². The number of quaternary nitrogens is 1. The van der Waals surface area contributed by atoms with Gasteiger partial charge in [0.1, 0.15) is 0 Å². The van der Waals surface area contributed by atoms with Crippen LogP contribution in [0.25, 0.3) is 0 Å². The molecule has 2 rings (SSSR count). The maximum atomic E-state index is 13.4. The van der Waals surface area contributed by atoms with Crippen LogP contribution in [0, 0.1) is 34.6 Å². The standard InChI is InChI=1S/C20H32N4O4S/c1-12-13(2)15(4)18(16(5)14(12)3)29(27,28)24-10-8-23(9-11-24)17(6)19(25)22-20(26)21-7/h17H,8-11H2,1-7H3,(H2,21,22,25,26)/p+1/t17-/m0/s1. The molecule has 1 atom stereocenters. The van der Waals surface area contributed by atoms with Crippen molar-refractivity contribution in [1.29, 1.82) is 0 Å². The van der Waals surface area contributed by atoms with Crippen LogP contribution in [-0.2, 0) is 14.8 Å². The number of carbonyl (C=O) groups excluding carboxylic acids is 2. The average molecular weight is 426 g/mol. The molecule has 1 fully saturated rings. The molecule has 3 amide bonds. The number of benzene rings is 1. The van der Waals surface area contributed by atoms with E-state index in [0.717, 1.165) is 32.7 Å². The Hall–Kier alpha value is -1.97. The van der Waals surface area contributed by atoms with Crippen molar-refractivity contribution in [3.8, 4) is 0 Å². The molecule has 0 aliphatic carbocycles. The quantitative estimate of drug-likeness (QED) is 0.630. The molecule has 0 radical (unpaired) electrons. The Balaban J connectivity index is 2.19. The second kappa shape index (κ2) is 8.81. The lowest BCUT2D eigenvalue weighted by molar-refractivity contribution is -0.917. The molecule has 162 valence electrons. The van der Waals surface area contributed by atoms with E-state index in [0.29, 0.717) is 31.1 Å². The zero-order valence-electron chi connectivity index (χ0n) is 18.4. The molecule has 0 spiro atoms. The van der Waals surface area contributed by atoms with Crippen LogP contribution >= 0.6 is 0 Å². The summed E-state index contributed by atoms with van der Waals surface area (Å²) in [5.74, 6) is -0.368. The minimum Gasteiger partial charge on any atom is -0.341 e. The summed E-state index contributed by atoms with van der Waals surface area (Å²) >= 11 is 0. The van der Waals surface area contributed by atoms with Crippen molar-refractivity contribution >= 4 is 22.0 Å². The van der Waals surface area contributed by atoms with Crippen LogP contribution in [0.3, 0.4) is 0 Å². The van der Waals surface area contributed by atoms with Gasteiger partial charge in [-0.1, -0.05) is 0 Å². The topological polar surface area (TPSA) is 100 Å². The highest BCUT2D eigenvalue weighted by atomic mass is 32.2. The second-order valence-corrected chi connectivity index (χ2v) is 9.68. The Bertz CT molecular complexity index is 890. The molecule has 3 N–H and O–H groups in total. The van der Waals surface area contributed by atoms with Gasteiger partial charge in [-0.3, -0.25) is 10.1 Å². The smallest absolute Gasteiger partial charge is 0.321 e. The van der Waals surface area contributed by atoms with Gasteiger partial charge in [-0.15, -0.1) is 0 Å². The summed E-state index contributed by atoms with van der Waals surface area (Å²) < 4.78 is 28.4. The molecule has 29 heavy (non-hydrogen) atoms. The molecule has 0 saturated carbocycles. The minimum absolute atomic E-state index is 0.333. The number of hydrogen-bond donors (Lipinski definition) is 3. The fourth-order valence-corrected chi connectivity index (χ4v) is 5.90. The van der Waals surface area contributed by atoms with Gasteiger partial charge in [0.05, 0.1) is 31.1 Å². The Morgan fingerprint density at radius 1 is 0.931 bits per heavy atom. The van der Waals surface area contributed by atoms with Crippen molar-refractivity contribution in [2.24, 2.45) is 0 Å². The van der Waals surface area contributed by atoms with E-state index in [2.05, 4.69) is 10.6 Å². The number of nitrogens with zero attached hydrogens (tertiary/aromatic N) is 1. The molecular formula is C20H33N4O4S+. The van der Waals surface area contributed by atoms with Crippen molar-refractivity contribution in [2.45, 2.75) is 52.5 Å². The average Bonchev–Trinajstić information content (AvgIpc) is 2.70. The van der Waals surface area contributed by atoms with E-state index in [1.165, 1.54) is 11.4 Å². The summed E-state index contributed by atoms with van der Waals surface area (Å²) in [4.78, 5) is 24.9. The lowest BCUT2D eigenvalue weighted by atomic mass is 9.95. The van der Waals surface area contributed by atoms with Crippen molar-refractivity contribution < 1.29 is 22.9 Å². The first-order valence-corrected chi connectivity index (χ1v) is 11.3. The maximum Gasteiger partial charge on any atom is 0.321 e. The van der Waals surface area contributed by atoms with Gasteiger partial charge in [-0.2, -0.15) is 4.31 Å². The Morgan fingerprint density at radius 2 is 1.38 bits per heavy atom. The molecule has 0 bridgehead atoms. The third kappa shape index (κ3) is 4.46. The number of rotatable bonds is 4. The summed E-state index contributed by atoms with van der Waals surface area (Å²) in [5, 5.41) is 4.64. The summed E-state index contributed by atoms with van der Waals surface area (Å²) in [6.07, 6.45) is 0. The van der Waals surface area contributed by atoms with E-state index < -0.39 is 22.1 Å². The predicted molar refractivity (Wildman–Crippen MR) is 112 cm³/mol. The highest BCUT2D eigenvalue weighted by Crippen LogP contribution is 2.31. The van der Waals surface area contributed by atoms with Crippen LogP contribution in [0.2, 0.25) is 0 Å². The SMILES string of the molecule is CNC(=O)NC(=O)[C@H](C)[NH+]1CCN(S(=O)(=O)c2c(C)c(C)c(C)c(C)c2C)CC1. The molecule has 1 aromatic carbocycles. The molecule has 0 aromatic heterocycles. The number of sulfonamides is 1. The predicted octanol–water partition coefficient (Wildman–Crippen LogP) is -0.0380. The molecule has 1 aliphatic rings. The van der Waals surface area contributed by atoms with Crippen molar-refractivity contribution in [3.05, 3.63) is 27.8 Å². The zero-order valence-corrected chi connectivity index (χ0v) is 19.2.